The average molecular weight is 203 g/mol. The molecule has 1 fully saturated rings. The lowest BCUT2D eigenvalue weighted by molar-refractivity contribution is -0.147. The van der Waals surface area contributed by atoms with Gasteiger partial charge < -0.3 is 14.4 Å². The van der Waals surface area contributed by atoms with Crippen molar-refractivity contribution in [3.63, 3.8) is 0 Å². The molecular weight excluding hydrogens is 182 g/mol. The van der Waals surface area contributed by atoms with Crippen molar-refractivity contribution >= 4 is 5.97 Å². The van der Waals surface area contributed by atoms with Crippen LogP contribution < -0.4 is 0 Å². The van der Waals surface area contributed by atoms with Crippen LogP contribution >= 0.6 is 0 Å². The molecule has 14 heavy (non-hydrogen) atoms. The van der Waals surface area contributed by atoms with Gasteiger partial charge in [0, 0.05) is 20.0 Å². The quantitative estimate of drug-likeness (QED) is 0.625. The first-order valence-electron chi connectivity index (χ1n) is 5.12. The zero-order valence-electron chi connectivity index (χ0n) is 9.58. The average Bonchev–Trinajstić information content (AvgIpc) is 2.18. The first-order chi connectivity index (χ1) is 6.68. The maximum absolute atomic E-state index is 10.5. The van der Waals surface area contributed by atoms with Crippen molar-refractivity contribution < 1.29 is 14.3 Å². The second-order valence-corrected chi connectivity index (χ2v) is 3.06. The number of ether oxygens (including phenoxy) is 2. The molecule has 0 bridgehead atoms. The van der Waals surface area contributed by atoms with Gasteiger partial charge in [-0.15, -0.1) is 0 Å². The van der Waals surface area contributed by atoms with Gasteiger partial charge in [-0.1, -0.05) is 13.8 Å². The maximum atomic E-state index is 10.5. The number of likely N-dealkylation sites (N-methyl/N-ethyl adjacent to an activating group) is 1. The summed E-state index contributed by atoms with van der Waals surface area (Å²) < 4.78 is 10.2. The molecule has 0 spiro atoms. The van der Waals surface area contributed by atoms with Crippen molar-refractivity contribution in [2.75, 3.05) is 33.4 Å². The minimum absolute atomic E-state index is 0.0487. The van der Waals surface area contributed by atoms with Crippen LogP contribution in [-0.4, -0.2) is 50.3 Å². The monoisotopic (exact) mass is 203 g/mol. The van der Waals surface area contributed by atoms with Crippen molar-refractivity contribution in [2.45, 2.75) is 26.9 Å². The van der Waals surface area contributed by atoms with Gasteiger partial charge >= 0.3 is 5.97 Å². The molecule has 0 saturated carbocycles. The molecule has 1 heterocycles. The molecule has 0 aliphatic carbocycles. The highest BCUT2D eigenvalue weighted by Crippen LogP contribution is 2.02. The predicted octanol–water partition coefficient (Wildman–Crippen LogP) is 0.906. The Morgan fingerprint density at radius 2 is 2.21 bits per heavy atom. The van der Waals surface area contributed by atoms with Gasteiger partial charge in [0.25, 0.3) is 0 Å². The van der Waals surface area contributed by atoms with Gasteiger partial charge in [-0.2, -0.15) is 0 Å². The van der Waals surface area contributed by atoms with Crippen LogP contribution in [0, 0.1) is 0 Å². The van der Waals surface area contributed by atoms with E-state index in [0.717, 1.165) is 19.7 Å². The lowest BCUT2D eigenvalue weighted by Crippen LogP contribution is -2.42. The van der Waals surface area contributed by atoms with Gasteiger partial charge in [-0.05, 0) is 7.05 Å². The van der Waals surface area contributed by atoms with E-state index in [0.29, 0.717) is 6.61 Å². The van der Waals surface area contributed by atoms with E-state index in [-0.39, 0.29) is 12.1 Å². The summed E-state index contributed by atoms with van der Waals surface area (Å²) in [5.74, 6) is -0.244. The Morgan fingerprint density at radius 1 is 1.57 bits per heavy atom. The van der Waals surface area contributed by atoms with Crippen molar-refractivity contribution in [3.8, 4) is 0 Å². The molecule has 4 heteroatoms. The zero-order valence-corrected chi connectivity index (χ0v) is 9.58. The number of carbonyl (C=O) groups excluding carboxylic acids is 1. The summed E-state index contributed by atoms with van der Waals surface area (Å²) in [5.41, 5.74) is 0. The topological polar surface area (TPSA) is 38.8 Å². The summed E-state index contributed by atoms with van der Waals surface area (Å²) in [4.78, 5) is 12.6. The van der Waals surface area contributed by atoms with E-state index in [1.54, 1.807) is 0 Å². The van der Waals surface area contributed by atoms with E-state index in [1.165, 1.54) is 6.92 Å². The normalized spacial score (nSPS) is 22.1. The highest BCUT2D eigenvalue weighted by Gasteiger charge is 2.18. The molecule has 0 aromatic heterocycles. The number of carbonyl (C=O) groups is 1. The molecule has 0 N–H and O–H groups in total. The predicted molar refractivity (Wildman–Crippen MR) is 55.2 cm³/mol. The number of morpholine rings is 1. The smallest absolute Gasteiger partial charge is 0.302 e. The lowest BCUT2D eigenvalue weighted by atomic mass is 10.3. The van der Waals surface area contributed by atoms with E-state index in [1.807, 2.05) is 20.9 Å². The van der Waals surface area contributed by atoms with Crippen molar-refractivity contribution in [1.82, 2.24) is 4.90 Å². The van der Waals surface area contributed by atoms with Crippen LogP contribution in [0.3, 0.4) is 0 Å². The molecule has 0 amide bonds. The second kappa shape index (κ2) is 7.76. The zero-order chi connectivity index (χ0) is 11.0. The van der Waals surface area contributed by atoms with E-state index in [9.17, 15) is 4.79 Å². The third-order valence-corrected chi connectivity index (χ3v) is 1.81. The van der Waals surface area contributed by atoms with Crippen LogP contribution in [0.25, 0.3) is 0 Å². The molecule has 84 valence electrons. The lowest BCUT2D eigenvalue weighted by Gasteiger charge is -2.29. The van der Waals surface area contributed by atoms with Crippen LogP contribution in [0.5, 0.6) is 0 Å². The fourth-order valence-corrected chi connectivity index (χ4v) is 1.18. The van der Waals surface area contributed by atoms with Gasteiger partial charge in [-0.25, -0.2) is 0 Å². The van der Waals surface area contributed by atoms with Crippen molar-refractivity contribution in [1.29, 1.82) is 0 Å². The van der Waals surface area contributed by atoms with Gasteiger partial charge in [0.05, 0.1) is 6.61 Å². The molecule has 4 nitrogen and oxygen atoms in total. The maximum Gasteiger partial charge on any atom is 0.302 e. The summed E-state index contributed by atoms with van der Waals surface area (Å²) in [6, 6.07) is 0. The Labute approximate surface area is 86.2 Å². The van der Waals surface area contributed by atoms with Crippen LogP contribution in [0.2, 0.25) is 0 Å². The standard InChI is InChI=1S/C8H15NO3.C2H6/c1-7(10)12-6-8-5-9(2)3-4-11-8;1-2/h8H,3-6H2,1-2H3;1-2H3. The number of nitrogens with zero attached hydrogens (tertiary/aromatic N) is 1. The molecular formula is C10H21NO3. The Hall–Kier alpha value is -0.610. The molecule has 1 aliphatic rings. The molecule has 1 saturated heterocycles. The molecule has 1 atom stereocenters. The first-order valence-corrected chi connectivity index (χ1v) is 5.12. The Bertz CT molecular complexity index is 161. The molecule has 0 aromatic rings. The Kier molecular flexibility index (Phi) is 7.42. The second-order valence-electron chi connectivity index (χ2n) is 3.06. The molecule has 1 rings (SSSR count). The van der Waals surface area contributed by atoms with E-state index in [4.69, 9.17) is 9.47 Å². The van der Waals surface area contributed by atoms with Gasteiger partial charge in [0.15, 0.2) is 0 Å². The van der Waals surface area contributed by atoms with Gasteiger partial charge in [0.1, 0.15) is 12.7 Å². The summed E-state index contributed by atoms with van der Waals surface area (Å²) >= 11 is 0. The van der Waals surface area contributed by atoms with Gasteiger partial charge in [0.2, 0.25) is 0 Å². The number of hydrogen-bond donors (Lipinski definition) is 0. The van der Waals surface area contributed by atoms with E-state index < -0.39 is 0 Å². The number of esters is 1. The Balaban J connectivity index is 0.000000791. The van der Waals surface area contributed by atoms with Crippen LogP contribution in [0.15, 0.2) is 0 Å². The largest absolute Gasteiger partial charge is 0.463 e. The molecule has 0 radical (unpaired) electrons. The number of hydrogen-bond acceptors (Lipinski definition) is 4. The van der Waals surface area contributed by atoms with Crippen molar-refractivity contribution in [3.05, 3.63) is 0 Å². The molecule has 1 unspecified atom stereocenters. The fraction of sp³-hybridized carbons (Fsp3) is 0.900. The number of rotatable bonds is 2. The van der Waals surface area contributed by atoms with Crippen LogP contribution in [0.1, 0.15) is 20.8 Å². The SMILES string of the molecule is CC.CC(=O)OCC1CN(C)CCO1. The first kappa shape index (κ1) is 13.4. The van der Waals surface area contributed by atoms with Gasteiger partial charge in [-0.3, -0.25) is 4.79 Å². The summed E-state index contributed by atoms with van der Waals surface area (Å²) in [5, 5.41) is 0. The minimum Gasteiger partial charge on any atom is -0.463 e. The fourth-order valence-electron chi connectivity index (χ4n) is 1.18. The summed E-state index contributed by atoms with van der Waals surface area (Å²) in [6.07, 6.45) is 0.0487. The minimum atomic E-state index is -0.244. The third kappa shape index (κ3) is 5.94. The van der Waals surface area contributed by atoms with E-state index >= 15 is 0 Å². The Morgan fingerprint density at radius 3 is 2.71 bits per heavy atom. The van der Waals surface area contributed by atoms with Crippen LogP contribution in [0.4, 0.5) is 0 Å². The molecule has 0 aromatic carbocycles. The summed E-state index contributed by atoms with van der Waals surface area (Å²) in [6.45, 7) is 8.30. The highest BCUT2D eigenvalue weighted by atomic mass is 16.6. The van der Waals surface area contributed by atoms with E-state index in [2.05, 4.69) is 4.90 Å². The highest BCUT2D eigenvalue weighted by molar-refractivity contribution is 5.65. The van der Waals surface area contributed by atoms with Crippen LogP contribution in [-0.2, 0) is 14.3 Å². The summed E-state index contributed by atoms with van der Waals surface area (Å²) in [7, 11) is 2.03. The third-order valence-electron chi connectivity index (χ3n) is 1.81. The van der Waals surface area contributed by atoms with Crippen molar-refractivity contribution in [2.24, 2.45) is 0 Å². The molecule has 1 aliphatic heterocycles.